The standard InChI is InChI=1S/C10H8F3N3S/c11-10(12,13)7-1-3-8(4-2-7)14-5-9-6-17-16-15-9/h1-4,6,14H,5H2. The molecule has 0 bridgehead atoms. The van der Waals surface area contributed by atoms with E-state index in [0.717, 1.165) is 17.8 Å². The van der Waals surface area contributed by atoms with Gasteiger partial charge in [0.2, 0.25) is 0 Å². The lowest BCUT2D eigenvalue weighted by atomic mass is 10.2. The van der Waals surface area contributed by atoms with E-state index in [0.29, 0.717) is 12.2 Å². The molecule has 0 radical (unpaired) electrons. The van der Waals surface area contributed by atoms with E-state index >= 15 is 0 Å². The molecule has 3 nitrogen and oxygen atoms in total. The summed E-state index contributed by atoms with van der Waals surface area (Å²) in [6.07, 6.45) is -4.29. The van der Waals surface area contributed by atoms with Crippen LogP contribution in [0.15, 0.2) is 29.6 Å². The Balaban J connectivity index is 1.99. The molecule has 0 fully saturated rings. The molecule has 0 aliphatic heterocycles. The van der Waals surface area contributed by atoms with Crippen molar-refractivity contribution in [2.24, 2.45) is 0 Å². The maximum Gasteiger partial charge on any atom is 0.416 e. The Morgan fingerprint density at radius 1 is 1.18 bits per heavy atom. The summed E-state index contributed by atoms with van der Waals surface area (Å²) in [4.78, 5) is 0. The Morgan fingerprint density at radius 2 is 1.88 bits per heavy atom. The Kier molecular flexibility index (Phi) is 3.28. The van der Waals surface area contributed by atoms with Crippen LogP contribution >= 0.6 is 11.5 Å². The number of rotatable bonds is 3. The molecule has 0 saturated heterocycles. The lowest BCUT2D eigenvalue weighted by Crippen LogP contribution is -2.05. The van der Waals surface area contributed by atoms with Crippen molar-refractivity contribution < 1.29 is 13.2 Å². The number of benzene rings is 1. The minimum Gasteiger partial charge on any atom is -0.379 e. The SMILES string of the molecule is FC(F)(F)c1ccc(NCc2csnn2)cc1. The van der Waals surface area contributed by atoms with Crippen molar-refractivity contribution in [2.45, 2.75) is 12.7 Å². The van der Waals surface area contributed by atoms with E-state index in [1.165, 1.54) is 23.7 Å². The van der Waals surface area contributed by atoms with Gasteiger partial charge in [0.15, 0.2) is 0 Å². The van der Waals surface area contributed by atoms with Crippen molar-refractivity contribution in [1.29, 1.82) is 0 Å². The van der Waals surface area contributed by atoms with E-state index in [4.69, 9.17) is 0 Å². The molecule has 0 atom stereocenters. The van der Waals surface area contributed by atoms with Crippen molar-refractivity contribution in [2.75, 3.05) is 5.32 Å². The van der Waals surface area contributed by atoms with Crippen LogP contribution in [0.2, 0.25) is 0 Å². The first-order valence-electron chi connectivity index (χ1n) is 4.73. The number of anilines is 1. The molecule has 1 N–H and O–H groups in total. The monoisotopic (exact) mass is 259 g/mol. The molecule has 1 aromatic carbocycles. The largest absolute Gasteiger partial charge is 0.416 e. The van der Waals surface area contributed by atoms with Crippen LogP contribution in [-0.2, 0) is 12.7 Å². The summed E-state index contributed by atoms with van der Waals surface area (Å²) in [5, 5.41) is 8.55. The molecule has 7 heteroatoms. The maximum absolute atomic E-state index is 12.3. The number of nitrogens with zero attached hydrogens (tertiary/aromatic N) is 2. The van der Waals surface area contributed by atoms with E-state index in [1.54, 1.807) is 5.38 Å². The van der Waals surface area contributed by atoms with E-state index in [-0.39, 0.29) is 0 Å². The number of hydrogen-bond acceptors (Lipinski definition) is 4. The normalized spacial score (nSPS) is 11.5. The molecule has 1 aromatic heterocycles. The Hall–Kier alpha value is -1.63. The van der Waals surface area contributed by atoms with Gasteiger partial charge in [0.25, 0.3) is 0 Å². The number of halogens is 3. The van der Waals surface area contributed by atoms with E-state index in [2.05, 4.69) is 14.9 Å². The van der Waals surface area contributed by atoms with Crippen LogP contribution in [0, 0.1) is 0 Å². The van der Waals surface area contributed by atoms with Crippen molar-refractivity contribution in [1.82, 2.24) is 9.59 Å². The van der Waals surface area contributed by atoms with Gasteiger partial charge in [-0.05, 0) is 35.8 Å². The molecular weight excluding hydrogens is 251 g/mol. The second-order valence-electron chi connectivity index (χ2n) is 3.32. The second-order valence-corrected chi connectivity index (χ2v) is 3.93. The highest BCUT2D eigenvalue weighted by atomic mass is 32.1. The van der Waals surface area contributed by atoms with E-state index in [1.807, 2.05) is 0 Å². The molecule has 0 aliphatic rings. The van der Waals surface area contributed by atoms with Gasteiger partial charge in [0, 0.05) is 11.1 Å². The molecule has 0 aliphatic carbocycles. The zero-order chi connectivity index (χ0) is 12.3. The summed E-state index contributed by atoms with van der Waals surface area (Å²) < 4.78 is 40.6. The van der Waals surface area contributed by atoms with Crippen LogP contribution in [0.5, 0.6) is 0 Å². The lowest BCUT2D eigenvalue weighted by Gasteiger charge is -2.08. The predicted molar refractivity (Wildman–Crippen MR) is 58.7 cm³/mol. The molecule has 90 valence electrons. The van der Waals surface area contributed by atoms with Gasteiger partial charge in [-0.1, -0.05) is 4.49 Å². The average molecular weight is 259 g/mol. The fourth-order valence-corrected chi connectivity index (χ4v) is 1.68. The van der Waals surface area contributed by atoms with Gasteiger partial charge in [-0.15, -0.1) is 5.10 Å². The van der Waals surface area contributed by atoms with Crippen LogP contribution in [0.4, 0.5) is 18.9 Å². The molecule has 17 heavy (non-hydrogen) atoms. The van der Waals surface area contributed by atoms with Crippen LogP contribution in [0.1, 0.15) is 11.3 Å². The first-order valence-corrected chi connectivity index (χ1v) is 5.56. The third-order valence-electron chi connectivity index (χ3n) is 2.09. The van der Waals surface area contributed by atoms with Crippen LogP contribution in [0.25, 0.3) is 0 Å². The van der Waals surface area contributed by atoms with Gasteiger partial charge in [-0.3, -0.25) is 0 Å². The first kappa shape index (κ1) is 11.8. The van der Waals surface area contributed by atoms with Crippen LogP contribution < -0.4 is 5.32 Å². The van der Waals surface area contributed by atoms with Gasteiger partial charge in [-0.2, -0.15) is 13.2 Å². The van der Waals surface area contributed by atoms with E-state index < -0.39 is 11.7 Å². The average Bonchev–Trinajstić information content (AvgIpc) is 2.78. The fraction of sp³-hybridized carbons (Fsp3) is 0.200. The Morgan fingerprint density at radius 3 is 2.41 bits per heavy atom. The number of alkyl halides is 3. The first-order chi connectivity index (χ1) is 8.05. The van der Waals surface area contributed by atoms with Crippen molar-refractivity contribution >= 4 is 17.2 Å². The maximum atomic E-state index is 12.3. The molecule has 0 amide bonds. The molecule has 0 saturated carbocycles. The van der Waals surface area contributed by atoms with Gasteiger partial charge >= 0.3 is 6.18 Å². The van der Waals surface area contributed by atoms with Gasteiger partial charge < -0.3 is 5.32 Å². The van der Waals surface area contributed by atoms with Crippen LogP contribution in [0.3, 0.4) is 0 Å². The Bertz CT molecular complexity index is 465. The van der Waals surface area contributed by atoms with Gasteiger partial charge in [-0.25, -0.2) is 0 Å². The number of hydrogen-bond donors (Lipinski definition) is 1. The lowest BCUT2D eigenvalue weighted by molar-refractivity contribution is -0.137. The summed E-state index contributed by atoms with van der Waals surface area (Å²) in [6, 6.07) is 4.87. The second kappa shape index (κ2) is 4.70. The summed E-state index contributed by atoms with van der Waals surface area (Å²) in [5.74, 6) is 0. The highest BCUT2D eigenvalue weighted by molar-refractivity contribution is 7.03. The topological polar surface area (TPSA) is 37.8 Å². The highest BCUT2D eigenvalue weighted by Gasteiger charge is 2.29. The summed E-state index contributed by atoms with van der Waals surface area (Å²) >= 11 is 1.23. The Labute approximate surface area is 99.5 Å². The molecule has 2 aromatic rings. The van der Waals surface area contributed by atoms with Gasteiger partial charge in [0.1, 0.15) is 0 Å². The zero-order valence-corrected chi connectivity index (χ0v) is 9.35. The smallest absolute Gasteiger partial charge is 0.379 e. The van der Waals surface area contributed by atoms with Crippen molar-refractivity contribution in [3.8, 4) is 0 Å². The molecule has 0 unspecified atom stereocenters. The quantitative estimate of drug-likeness (QED) is 0.920. The fourth-order valence-electron chi connectivity index (χ4n) is 1.23. The number of nitrogens with one attached hydrogen (secondary N) is 1. The molecule has 1 heterocycles. The summed E-state index contributed by atoms with van der Waals surface area (Å²) in [6.45, 7) is 0.446. The predicted octanol–water partition coefficient (Wildman–Crippen LogP) is 3.17. The van der Waals surface area contributed by atoms with Crippen molar-refractivity contribution in [3.63, 3.8) is 0 Å². The van der Waals surface area contributed by atoms with Crippen LogP contribution in [-0.4, -0.2) is 9.59 Å². The number of aromatic nitrogens is 2. The summed E-state index contributed by atoms with van der Waals surface area (Å²) in [5.41, 5.74) is 0.722. The molecular formula is C10H8F3N3S. The summed E-state index contributed by atoms with van der Waals surface area (Å²) in [7, 11) is 0. The highest BCUT2D eigenvalue weighted by Crippen LogP contribution is 2.29. The third-order valence-corrected chi connectivity index (χ3v) is 2.64. The van der Waals surface area contributed by atoms with Crippen molar-refractivity contribution in [3.05, 3.63) is 40.9 Å². The van der Waals surface area contributed by atoms with E-state index in [9.17, 15) is 13.2 Å². The van der Waals surface area contributed by atoms with Gasteiger partial charge in [0.05, 0.1) is 17.8 Å². The molecule has 2 rings (SSSR count). The minimum atomic E-state index is -4.29. The zero-order valence-electron chi connectivity index (χ0n) is 8.53. The third kappa shape index (κ3) is 3.16. The minimum absolute atomic E-state index is 0.446. The molecule has 0 spiro atoms.